The fourth-order valence-electron chi connectivity index (χ4n) is 1.99. The van der Waals surface area contributed by atoms with Crippen LogP contribution in [0.5, 0.6) is 0 Å². The molecule has 0 unspecified atom stereocenters. The van der Waals surface area contributed by atoms with Crippen molar-refractivity contribution in [2.24, 2.45) is 5.41 Å². The second-order valence-electron chi connectivity index (χ2n) is 6.07. The maximum atomic E-state index is 10.7. The minimum atomic E-state index is -0.450. The van der Waals surface area contributed by atoms with Crippen molar-refractivity contribution < 1.29 is 4.92 Å². The summed E-state index contributed by atoms with van der Waals surface area (Å²) >= 11 is 6.24. The predicted octanol–water partition coefficient (Wildman–Crippen LogP) is 3.60. The molecule has 0 radical (unpaired) electrons. The van der Waals surface area contributed by atoms with Crippen molar-refractivity contribution in [3.05, 3.63) is 45.1 Å². The van der Waals surface area contributed by atoms with Gasteiger partial charge in [-0.15, -0.1) is 0 Å². The van der Waals surface area contributed by atoms with Crippen LogP contribution in [0.3, 0.4) is 0 Å². The summed E-state index contributed by atoms with van der Waals surface area (Å²) in [6, 6.07) is 6.01. The van der Waals surface area contributed by atoms with E-state index in [2.05, 4.69) is 25.9 Å². The van der Waals surface area contributed by atoms with Crippen LogP contribution in [-0.2, 0) is 6.42 Å². The third-order valence-electron chi connectivity index (χ3n) is 2.93. The van der Waals surface area contributed by atoms with E-state index < -0.39 is 4.92 Å². The smallest absolute Gasteiger partial charge is 0.269 e. The summed E-state index contributed by atoms with van der Waals surface area (Å²) in [5.74, 6) is 0.338. The van der Waals surface area contributed by atoms with E-state index in [0.717, 1.165) is 5.69 Å². The molecule has 0 saturated carbocycles. The molecule has 21 heavy (non-hydrogen) atoms. The molecule has 112 valence electrons. The zero-order valence-electron chi connectivity index (χ0n) is 12.1. The number of hydrogen-bond donors (Lipinski definition) is 1. The van der Waals surface area contributed by atoms with Crippen LogP contribution in [0.1, 0.15) is 26.5 Å². The van der Waals surface area contributed by atoms with E-state index in [-0.39, 0.29) is 11.1 Å². The number of aromatic nitrogens is 2. The van der Waals surface area contributed by atoms with E-state index in [9.17, 15) is 10.1 Å². The van der Waals surface area contributed by atoms with Crippen LogP contribution in [0.2, 0.25) is 5.02 Å². The highest BCUT2D eigenvalue weighted by atomic mass is 35.5. The summed E-state index contributed by atoms with van der Waals surface area (Å²) in [7, 11) is 0. The van der Waals surface area contributed by atoms with E-state index in [1.807, 2.05) is 0 Å². The molecule has 2 aromatic rings. The number of nitro benzene ring substituents is 1. The van der Waals surface area contributed by atoms with Gasteiger partial charge in [0, 0.05) is 12.1 Å². The summed E-state index contributed by atoms with van der Waals surface area (Å²) in [6.07, 6.45) is 0.690. The minimum Gasteiger partial charge on any atom is -0.382 e. The second kappa shape index (κ2) is 5.37. The maximum Gasteiger partial charge on any atom is 0.269 e. The maximum absolute atomic E-state index is 10.7. The van der Waals surface area contributed by atoms with Crippen LogP contribution in [0.15, 0.2) is 24.3 Å². The summed E-state index contributed by atoms with van der Waals surface area (Å²) < 4.78 is 1.51. The third-order valence-corrected chi connectivity index (χ3v) is 3.34. The van der Waals surface area contributed by atoms with Gasteiger partial charge in [-0.05, 0) is 24.0 Å². The van der Waals surface area contributed by atoms with Crippen LogP contribution in [-0.4, -0.2) is 14.7 Å². The number of rotatable bonds is 3. The lowest BCUT2D eigenvalue weighted by Gasteiger charge is -2.16. The number of non-ortho nitro benzene ring substituents is 1. The average molecular weight is 309 g/mol. The van der Waals surface area contributed by atoms with E-state index in [1.54, 1.807) is 12.1 Å². The van der Waals surface area contributed by atoms with Gasteiger partial charge >= 0.3 is 0 Å². The molecule has 0 aliphatic rings. The Kier molecular flexibility index (Phi) is 3.91. The van der Waals surface area contributed by atoms with Gasteiger partial charge in [-0.25, -0.2) is 4.68 Å². The van der Waals surface area contributed by atoms with Gasteiger partial charge in [-0.3, -0.25) is 10.1 Å². The van der Waals surface area contributed by atoms with Crippen LogP contribution < -0.4 is 5.73 Å². The van der Waals surface area contributed by atoms with Crippen LogP contribution >= 0.6 is 11.6 Å². The van der Waals surface area contributed by atoms with Crippen molar-refractivity contribution >= 4 is 23.1 Å². The van der Waals surface area contributed by atoms with Crippen LogP contribution in [0, 0.1) is 15.5 Å². The fourth-order valence-corrected chi connectivity index (χ4v) is 2.17. The fraction of sp³-hybridized carbons (Fsp3) is 0.357. The van der Waals surface area contributed by atoms with Gasteiger partial charge in [-0.1, -0.05) is 32.4 Å². The molecule has 1 aromatic carbocycles. The second-order valence-corrected chi connectivity index (χ2v) is 6.45. The Morgan fingerprint density at radius 3 is 2.38 bits per heavy atom. The normalized spacial score (nSPS) is 11.6. The van der Waals surface area contributed by atoms with Crippen molar-refractivity contribution in [1.29, 1.82) is 0 Å². The van der Waals surface area contributed by atoms with Crippen LogP contribution in [0.25, 0.3) is 5.69 Å². The zero-order valence-corrected chi connectivity index (χ0v) is 12.9. The monoisotopic (exact) mass is 308 g/mol. The number of nitrogens with two attached hydrogens (primary N) is 1. The third kappa shape index (κ3) is 3.33. The first-order chi connectivity index (χ1) is 9.69. The highest BCUT2D eigenvalue weighted by Crippen LogP contribution is 2.31. The van der Waals surface area contributed by atoms with Gasteiger partial charge in [0.1, 0.15) is 10.8 Å². The van der Waals surface area contributed by atoms with Gasteiger partial charge in [0.2, 0.25) is 0 Å². The van der Waals surface area contributed by atoms with Gasteiger partial charge in [0.05, 0.1) is 16.3 Å². The molecule has 0 aliphatic carbocycles. The predicted molar refractivity (Wildman–Crippen MR) is 82.8 cm³/mol. The molecular formula is C14H17ClN4O2. The van der Waals surface area contributed by atoms with Crippen LogP contribution in [0.4, 0.5) is 11.5 Å². The zero-order chi connectivity index (χ0) is 15.8. The Labute approximate surface area is 127 Å². The Bertz CT molecular complexity index is 672. The minimum absolute atomic E-state index is 0.0190. The van der Waals surface area contributed by atoms with Gasteiger partial charge < -0.3 is 5.73 Å². The number of benzene rings is 1. The number of nitrogen functional groups attached to an aromatic ring is 1. The number of nitrogens with zero attached hydrogens (tertiary/aromatic N) is 3. The lowest BCUT2D eigenvalue weighted by molar-refractivity contribution is -0.384. The Hall–Kier alpha value is -2.08. The van der Waals surface area contributed by atoms with E-state index >= 15 is 0 Å². The highest BCUT2D eigenvalue weighted by molar-refractivity contribution is 6.33. The first kappa shape index (κ1) is 15.3. The molecule has 1 aromatic heterocycles. The molecule has 0 spiro atoms. The number of hydrogen-bond acceptors (Lipinski definition) is 4. The quantitative estimate of drug-likeness (QED) is 0.693. The van der Waals surface area contributed by atoms with Gasteiger partial charge in [0.15, 0.2) is 0 Å². The lowest BCUT2D eigenvalue weighted by atomic mass is 9.91. The first-order valence-corrected chi connectivity index (χ1v) is 6.84. The molecule has 2 rings (SSSR count). The molecule has 0 saturated heterocycles. The molecule has 2 N–H and O–H groups in total. The lowest BCUT2D eigenvalue weighted by Crippen LogP contribution is -2.10. The van der Waals surface area contributed by atoms with E-state index in [4.69, 9.17) is 17.3 Å². The average Bonchev–Trinajstić information content (AvgIpc) is 2.65. The first-order valence-electron chi connectivity index (χ1n) is 6.47. The van der Waals surface area contributed by atoms with E-state index in [0.29, 0.717) is 22.9 Å². The van der Waals surface area contributed by atoms with Crippen molar-refractivity contribution in [3.63, 3.8) is 0 Å². The summed E-state index contributed by atoms with van der Waals surface area (Å²) in [5, 5.41) is 15.5. The molecular weight excluding hydrogens is 292 g/mol. The molecule has 1 heterocycles. The SMILES string of the molecule is CC(C)(C)Cc1nn(-c2ccc([N+](=O)[O-])cc2)c(N)c1Cl. The summed E-state index contributed by atoms with van der Waals surface area (Å²) in [5.41, 5.74) is 7.40. The molecule has 0 fully saturated rings. The Morgan fingerprint density at radius 1 is 1.33 bits per heavy atom. The highest BCUT2D eigenvalue weighted by Gasteiger charge is 2.20. The Balaban J connectivity index is 2.40. The number of anilines is 1. The molecule has 0 aliphatic heterocycles. The standard InChI is InChI=1S/C14H17ClN4O2/c1-14(2,3)8-11-12(15)13(16)18(17-11)9-4-6-10(7-5-9)19(20)21/h4-7H,8,16H2,1-3H3. The molecule has 0 bridgehead atoms. The Morgan fingerprint density at radius 2 is 1.90 bits per heavy atom. The molecule has 0 atom stereocenters. The van der Waals surface area contributed by atoms with Gasteiger partial charge in [0.25, 0.3) is 5.69 Å². The number of halogens is 1. The van der Waals surface area contributed by atoms with E-state index in [1.165, 1.54) is 16.8 Å². The van der Waals surface area contributed by atoms with Crippen molar-refractivity contribution in [2.75, 3.05) is 5.73 Å². The largest absolute Gasteiger partial charge is 0.382 e. The summed E-state index contributed by atoms with van der Waals surface area (Å²) in [6.45, 7) is 6.26. The van der Waals surface area contributed by atoms with Crippen molar-refractivity contribution in [1.82, 2.24) is 9.78 Å². The van der Waals surface area contributed by atoms with Crippen molar-refractivity contribution in [3.8, 4) is 5.69 Å². The molecule has 0 amide bonds. The molecule has 7 heteroatoms. The van der Waals surface area contributed by atoms with Crippen molar-refractivity contribution in [2.45, 2.75) is 27.2 Å². The number of nitro groups is 1. The summed E-state index contributed by atoms with van der Waals surface area (Å²) in [4.78, 5) is 10.2. The van der Waals surface area contributed by atoms with Gasteiger partial charge in [-0.2, -0.15) is 5.10 Å². The molecule has 6 nitrogen and oxygen atoms in total. The topological polar surface area (TPSA) is 87.0 Å².